The molecule has 2 amide bonds. The van der Waals surface area contributed by atoms with Crippen molar-refractivity contribution in [1.82, 2.24) is 4.98 Å². The number of carbonyl (C=O) groups excluding carboxylic acids is 2. The zero-order valence-corrected chi connectivity index (χ0v) is 11.9. The van der Waals surface area contributed by atoms with E-state index in [-0.39, 0.29) is 11.8 Å². The van der Waals surface area contributed by atoms with E-state index in [0.29, 0.717) is 17.7 Å². The van der Waals surface area contributed by atoms with Crippen molar-refractivity contribution < 1.29 is 9.59 Å². The maximum atomic E-state index is 12.3. The summed E-state index contributed by atoms with van der Waals surface area (Å²) < 4.78 is 0. The van der Waals surface area contributed by atoms with E-state index in [1.54, 1.807) is 36.3 Å². The first-order valence-corrected chi connectivity index (χ1v) is 6.68. The third kappa shape index (κ3) is 2.50. The fourth-order valence-corrected chi connectivity index (χ4v) is 2.44. The van der Waals surface area contributed by atoms with Crippen LogP contribution in [-0.2, 0) is 11.2 Å². The van der Waals surface area contributed by atoms with Crippen LogP contribution in [0.25, 0.3) is 0 Å². The van der Waals surface area contributed by atoms with Crippen molar-refractivity contribution in [3.63, 3.8) is 0 Å². The van der Waals surface area contributed by atoms with E-state index >= 15 is 0 Å². The number of likely N-dealkylation sites (N-methyl/N-ethyl adjacent to an activating group) is 1. The zero-order valence-electron chi connectivity index (χ0n) is 11.9. The summed E-state index contributed by atoms with van der Waals surface area (Å²) in [6.45, 7) is 1.87. The Morgan fingerprint density at radius 2 is 2.10 bits per heavy atom. The van der Waals surface area contributed by atoms with Crippen LogP contribution in [0.2, 0.25) is 0 Å². The molecule has 0 bridgehead atoms. The highest BCUT2D eigenvalue weighted by Gasteiger charge is 2.24. The maximum absolute atomic E-state index is 12.3. The summed E-state index contributed by atoms with van der Waals surface area (Å²) in [5.74, 6) is -0.141. The molecule has 2 aromatic rings. The first kappa shape index (κ1) is 13.3. The number of anilines is 2. The van der Waals surface area contributed by atoms with Crippen LogP contribution in [0, 0.1) is 6.92 Å². The number of carbonyl (C=O) groups is 2. The van der Waals surface area contributed by atoms with Crippen molar-refractivity contribution >= 4 is 23.2 Å². The molecule has 1 aliphatic heterocycles. The molecule has 106 valence electrons. The first-order valence-electron chi connectivity index (χ1n) is 6.68. The lowest BCUT2D eigenvalue weighted by atomic mass is 10.1. The van der Waals surface area contributed by atoms with Gasteiger partial charge in [-0.3, -0.25) is 14.6 Å². The summed E-state index contributed by atoms with van der Waals surface area (Å²) in [5.41, 5.74) is 3.86. The van der Waals surface area contributed by atoms with Gasteiger partial charge in [0.05, 0.1) is 6.42 Å². The fourth-order valence-electron chi connectivity index (χ4n) is 2.44. The number of hydrogen-bond acceptors (Lipinski definition) is 3. The molecule has 0 saturated carbocycles. The number of nitrogens with zero attached hydrogens (tertiary/aromatic N) is 2. The normalized spacial score (nSPS) is 13.2. The molecule has 2 heterocycles. The molecule has 0 unspecified atom stereocenters. The average Bonchev–Trinajstić information content (AvgIpc) is 2.73. The number of aryl methyl sites for hydroxylation is 1. The lowest BCUT2D eigenvalue weighted by Gasteiger charge is -2.11. The van der Waals surface area contributed by atoms with Crippen LogP contribution in [0.1, 0.15) is 21.6 Å². The van der Waals surface area contributed by atoms with Crippen molar-refractivity contribution in [3.05, 3.63) is 53.3 Å². The third-order valence-electron chi connectivity index (χ3n) is 3.57. The number of fused-ring (bicyclic) bond motifs is 1. The van der Waals surface area contributed by atoms with Gasteiger partial charge in [0, 0.05) is 35.9 Å². The van der Waals surface area contributed by atoms with Crippen LogP contribution in [0.5, 0.6) is 0 Å². The molecule has 0 atom stereocenters. The van der Waals surface area contributed by atoms with Crippen LogP contribution in [0.4, 0.5) is 11.4 Å². The molecule has 0 radical (unpaired) electrons. The van der Waals surface area contributed by atoms with Gasteiger partial charge in [-0.15, -0.1) is 0 Å². The highest BCUT2D eigenvalue weighted by molar-refractivity contribution is 6.06. The Labute approximate surface area is 122 Å². The number of amides is 2. The van der Waals surface area contributed by atoms with Gasteiger partial charge in [-0.2, -0.15) is 0 Å². The molecule has 1 aromatic heterocycles. The average molecular weight is 281 g/mol. The van der Waals surface area contributed by atoms with E-state index in [9.17, 15) is 9.59 Å². The van der Waals surface area contributed by atoms with E-state index in [1.807, 2.05) is 19.1 Å². The van der Waals surface area contributed by atoms with E-state index in [0.717, 1.165) is 16.9 Å². The van der Waals surface area contributed by atoms with E-state index < -0.39 is 0 Å². The monoisotopic (exact) mass is 281 g/mol. The van der Waals surface area contributed by atoms with Gasteiger partial charge < -0.3 is 10.2 Å². The Morgan fingerprint density at radius 1 is 1.29 bits per heavy atom. The molecule has 0 fully saturated rings. The van der Waals surface area contributed by atoms with Gasteiger partial charge >= 0.3 is 0 Å². The minimum atomic E-state index is -0.189. The highest BCUT2D eigenvalue weighted by atomic mass is 16.2. The number of rotatable bonds is 2. The smallest absolute Gasteiger partial charge is 0.255 e. The Hall–Kier alpha value is -2.69. The number of aromatic nitrogens is 1. The van der Waals surface area contributed by atoms with Gasteiger partial charge in [0.25, 0.3) is 5.91 Å². The molecular formula is C16H15N3O2. The predicted octanol–water partition coefficient (Wildman–Crippen LogP) is 2.16. The van der Waals surface area contributed by atoms with Crippen molar-refractivity contribution in [1.29, 1.82) is 0 Å². The van der Waals surface area contributed by atoms with Crippen LogP contribution in [0.3, 0.4) is 0 Å². The largest absolute Gasteiger partial charge is 0.322 e. The fraction of sp³-hybridized carbons (Fsp3) is 0.188. The molecule has 0 spiro atoms. The summed E-state index contributed by atoms with van der Waals surface area (Å²) in [7, 11) is 1.74. The van der Waals surface area contributed by atoms with Crippen molar-refractivity contribution in [3.8, 4) is 0 Å². The molecule has 1 N–H and O–H groups in total. The molecule has 1 aliphatic rings. The van der Waals surface area contributed by atoms with Crippen molar-refractivity contribution in [2.45, 2.75) is 13.3 Å². The lowest BCUT2D eigenvalue weighted by molar-refractivity contribution is -0.117. The van der Waals surface area contributed by atoms with Crippen LogP contribution < -0.4 is 10.2 Å². The van der Waals surface area contributed by atoms with Gasteiger partial charge in [-0.1, -0.05) is 0 Å². The molecule has 5 nitrogen and oxygen atoms in total. The van der Waals surface area contributed by atoms with Gasteiger partial charge in [0.2, 0.25) is 5.91 Å². The molecule has 1 aromatic carbocycles. The molecule has 0 aliphatic carbocycles. The summed E-state index contributed by atoms with van der Waals surface area (Å²) in [5, 5.41) is 2.84. The van der Waals surface area contributed by atoms with Gasteiger partial charge in [-0.05, 0) is 42.8 Å². The molecule has 3 rings (SSSR count). The summed E-state index contributed by atoms with van der Waals surface area (Å²) in [4.78, 5) is 29.6. The minimum absolute atomic E-state index is 0.0484. The Balaban J connectivity index is 1.83. The van der Waals surface area contributed by atoms with E-state index in [4.69, 9.17) is 0 Å². The Bertz CT molecular complexity index is 740. The molecule has 21 heavy (non-hydrogen) atoms. The molecular weight excluding hydrogens is 266 g/mol. The number of hydrogen-bond donors (Lipinski definition) is 1. The summed E-state index contributed by atoms with van der Waals surface area (Å²) >= 11 is 0. The van der Waals surface area contributed by atoms with Gasteiger partial charge in [0.1, 0.15) is 0 Å². The topological polar surface area (TPSA) is 62.3 Å². The number of pyridine rings is 1. The maximum Gasteiger partial charge on any atom is 0.255 e. The van der Waals surface area contributed by atoms with Crippen LogP contribution >= 0.6 is 0 Å². The summed E-state index contributed by atoms with van der Waals surface area (Å²) in [6, 6.07) is 8.88. The number of nitrogens with one attached hydrogen (secondary N) is 1. The van der Waals surface area contributed by atoms with Crippen LogP contribution in [-0.4, -0.2) is 23.8 Å². The van der Waals surface area contributed by atoms with Crippen molar-refractivity contribution in [2.75, 3.05) is 17.3 Å². The third-order valence-corrected chi connectivity index (χ3v) is 3.57. The second-order valence-electron chi connectivity index (χ2n) is 5.11. The molecule has 0 saturated heterocycles. The molecule has 5 heteroatoms. The number of benzene rings is 1. The quantitative estimate of drug-likeness (QED) is 0.917. The second-order valence-corrected chi connectivity index (χ2v) is 5.11. The van der Waals surface area contributed by atoms with Gasteiger partial charge in [0.15, 0.2) is 0 Å². The lowest BCUT2D eigenvalue weighted by Crippen LogP contribution is -2.20. The summed E-state index contributed by atoms with van der Waals surface area (Å²) in [6.07, 6.45) is 2.00. The predicted molar refractivity (Wildman–Crippen MR) is 80.5 cm³/mol. The SMILES string of the molecule is Cc1cc(NC(=O)c2ccc3c(c2)CC(=O)N3C)ccn1. The highest BCUT2D eigenvalue weighted by Crippen LogP contribution is 2.28. The standard InChI is InChI=1S/C16H15N3O2/c1-10-7-13(5-6-17-10)18-16(21)11-3-4-14-12(8-11)9-15(20)19(14)2/h3-8H,9H2,1-2H3,(H,17,18,21). The van der Waals surface area contributed by atoms with Gasteiger partial charge in [-0.25, -0.2) is 0 Å². The zero-order chi connectivity index (χ0) is 15.0. The van der Waals surface area contributed by atoms with E-state index in [1.165, 1.54) is 0 Å². The van der Waals surface area contributed by atoms with E-state index in [2.05, 4.69) is 10.3 Å². The minimum Gasteiger partial charge on any atom is -0.322 e. The Kier molecular flexibility index (Phi) is 3.17. The van der Waals surface area contributed by atoms with Crippen LogP contribution in [0.15, 0.2) is 36.5 Å². The first-order chi connectivity index (χ1) is 10.0. The van der Waals surface area contributed by atoms with Crippen molar-refractivity contribution in [2.24, 2.45) is 0 Å². The Morgan fingerprint density at radius 3 is 2.86 bits per heavy atom. The second kappa shape index (κ2) is 5.01.